The van der Waals surface area contributed by atoms with E-state index in [1.54, 1.807) is 7.11 Å². The predicted octanol–water partition coefficient (Wildman–Crippen LogP) is 3.95. The summed E-state index contributed by atoms with van der Waals surface area (Å²) in [6.07, 6.45) is 0. The molecule has 3 aromatic rings. The molecule has 0 aliphatic heterocycles. The summed E-state index contributed by atoms with van der Waals surface area (Å²) in [5.41, 5.74) is 2.00. The Balaban J connectivity index is 2.30. The second-order valence-electron chi connectivity index (χ2n) is 5.89. The third kappa shape index (κ3) is 2.79. The van der Waals surface area contributed by atoms with Crippen LogP contribution in [0.25, 0.3) is 0 Å². The lowest BCUT2D eigenvalue weighted by Gasteiger charge is -2.22. The van der Waals surface area contributed by atoms with Gasteiger partial charge in [-0.3, -0.25) is 0 Å². The van der Waals surface area contributed by atoms with Crippen LogP contribution in [0, 0.1) is 13.8 Å². The minimum atomic E-state index is -2.92. The van der Waals surface area contributed by atoms with E-state index in [4.69, 9.17) is 4.74 Å². The van der Waals surface area contributed by atoms with Gasteiger partial charge >= 0.3 is 0 Å². The lowest BCUT2D eigenvalue weighted by atomic mass is 10.1. The molecular formula is C21H21O2P. The van der Waals surface area contributed by atoms with Crippen LogP contribution in [0.4, 0.5) is 0 Å². The Morgan fingerprint density at radius 3 is 1.50 bits per heavy atom. The molecule has 24 heavy (non-hydrogen) atoms. The van der Waals surface area contributed by atoms with Gasteiger partial charge in [0.15, 0.2) is 7.14 Å². The summed E-state index contributed by atoms with van der Waals surface area (Å²) in [6.45, 7) is 3.99. The summed E-state index contributed by atoms with van der Waals surface area (Å²) in [5, 5.41) is 2.54. The number of benzene rings is 3. The number of ether oxygens (including phenoxy) is 1. The first kappa shape index (κ1) is 16.5. The molecule has 0 radical (unpaired) electrons. The molecule has 0 aromatic heterocycles. The van der Waals surface area contributed by atoms with Crippen molar-refractivity contribution >= 4 is 23.1 Å². The van der Waals surface area contributed by atoms with Gasteiger partial charge in [-0.15, -0.1) is 0 Å². The average Bonchev–Trinajstić information content (AvgIpc) is 2.62. The van der Waals surface area contributed by atoms with Crippen LogP contribution in [0.15, 0.2) is 72.8 Å². The quantitative estimate of drug-likeness (QED) is 0.674. The topological polar surface area (TPSA) is 26.3 Å². The second-order valence-corrected chi connectivity index (χ2v) is 8.66. The van der Waals surface area contributed by atoms with Crippen molar-refractivity contribution in [2.45, 2.75) is 13.8 Å². The highest BCUT2D eigenvalue weighted by Gasteiger charge is 2.30. The van der Waals surface area contributed by atoms with Crippen molar-refractivity contribution in [3.05, 3.63) is 83.9 Å². The summed E-state index contributed by atoms with van der Waals surface area (Å²) < 4.78 is 19.7. The van der Waals surface area contributed by atoms with E-state index in [1.165, 1.54) is 0 Å². The van der Waals surface area contributed by atoms with Crippen LogP contribution in [0.5, 0.6) is 5.75 Å². The third-order valence-electron chi connectivity index (χ3n) is 4.25. The Morgan fingerprint density at radius 1 is 0.708 bits per heavy atom. The van der Waals surface area contributed by atoms with E-state index in [-0.39, 0.29) is 0 Å². The zero-order valence-electron chi connectivity index (χ0n) is 14.2. The molecule has 0 aliphatic carbocycles. The van der Waals surface area contributed by atoms with Gasteiger partial charge in [0.25, 0.3) is 0 Å². The van der Waals surface area contributed by atoms with Crippen molar-refractivity contribution in [2.75, 3.05) is 7.11 Å². The third-order valence-corrected chi connectivity index (χ3v) is 7.29. The lowest BCUT2D eigenvalue weighted by Crippen LogP contribution is -2.25. The van der Waals surface area contributed by atoms with Crippen molar-refractivity contribution in [3.63, 3.8) is 0 Å². The van der Waals surface area contributed by atoms with Crippen molar-refractivity contribution in [3.8, 4) is 5.75 Å². The minimum absolute atomic E-state index is 0.843. The summed E-state index contributed by atoms with van der Waals surface area (Å²) >= 11 is 0. The summed E-state index contributed by atoms with van der Waals surface area (Å²) in [7, 11) is -1.25. The van der Waals surface area contributed by atoms with Crippen LogP contribution in [-0.2, 0) is 4.57 Å². The fraction of sp³-hybridized carbons (Fsp3) is 0.143. The van der Waals surface area contributed by atoms with Gasteiger partial charge in [-0.25, -0.2) is 0 Å². The predicted molar refractivity (Wildman–Crippen MR) is 102 cm³/mol. The monoisotopic (exact) mass is 336 g/mol. The highest BCUT2D eigenvalue weighted by molar-refractivity contribution is 7.85. The van der Waals surface area contributed by atoms with E-state index in [9.17, 15) is 4.57 Å². The molecule has 2 nitrogen and oxygen atoms in total. The average molecular weight is 336 g/mol. The highest BCUT2D eigenvalue weighted by atomic mass is 31.2. The molecule has 0 saturated carbocycles. The first-order valence-electron chi connectivity index (χ1n) is 7.94. The van der Waals surface area contributed by atoms with Crippen molar-refractivity contribution in [1.29, 1.82) is 0 Å². The molecule has 3 rings (SSSR count). The van der Waals surface area contributed by atoms with Crippen molar-refractivity contribution < 1.29 is 9.30 Å². The number of aryl methyl sites for hydroxylation is 2. The zero-order chi connectivity index (χ0) is 17.2. The van der Waals surface area contributed by atoms with Crippen LogP contribution in [0.2, 0.25) is 0 Å². The molecule has 0 aliphatic rings. The maximum Gasteiger partial charge on any atom is 0.171 e. The Hall–Kier alpha value is -2.31. The van der Waals surface area contributed by atoms with Gasteiger partial charge in [0.1, 0.15) is 5.75 Å². The highest BCUT2D eigenvalue weighted by Crippen LogP contribution is 2.43. The standard InChI is InChI=1S/C21H21O2P/c1-16-14-20(15-17(2)21(16)23-3)24(22,18-10-6-4-7-11-18)19-12-8-5-9-13-19/h4-15H,1-3H3. The fourth-order valence-electron chi connectivity index (χ4n) is 3.15. The number of methoxy groups -OCH3 is 1. The van der Waals surface area contributed by atoms with Crippen LogP contribution in [0.3, 0.4) is 0 Å². The molecule has 122 valence electrons. The SMILES string of the molecule is COc1c(C)cc(P(=O)(c2ccccc2)c2ccccc2)cc1C. The molecule has 0 bridgehead atoms. The van der Waals surface area contributed by atoms with E-state index in [0.29, 0.717) is 0 Å². The van der Waals surface area contributed by atoms with E-state index >= 15 is 0 Å². The first-order chi connectivity index (χ1) is 11.6. The summed E-state index contributed by atoms with van der Waals surface area (Å²) in [4.78, 5) is 0. The Kier molecular flexibility index (Phi) is 4.59. The minimum Gasteiger partial charge on any atom is -0.496 e. The van der Waals surface area contributed by atoms with E-state index in [0.717, 1.165) is 32.8 Å². The number of rotatable bonds is 4. The van der Waals surface area contributed by atoms with Gasteiger partial charge in [0.05, 0.1) is 7.11 Å². The Labute approximate surface area is 143 Å². The van der Waals surface area contributed by atoms with Crippen LogP contribution >= 0.6 is 7.14 Å². The second kappa shape index (κ2) is 6.67. The molecule has 3 heteroatoms. The molecule has 0 unspecified atom stereocenters. The number of hydrogen-bond acceptors (Lipinski definition) is 2. The maximum absolute atomic E-state index is 14.3. The van der Waals surface area contributed by atoms with Crippen molar-refractivity contribution in [1.82, 2.24) is 0 Å². The molecule has 3 aromatic carbocycles. The van der Waals surface area contributed by atoms with Gasteiger partial charge in [-0.05, 0) is 37.1 Å². The molecule has 0 atom stereocenters. The van der Waals surface area contributed by atoms with Crippen LogP contribution in [-0.4, -0.2) is 7.11 Å². The van der Waals surface area contributed by atoms with Crippen LogP contribution < -0.4 is 20.7 Å². The molecule has 0 heterocycles. The molecule has 0 saturated heterocycles. The molecule has 0 fully saturated rings. The van der Waals surface area contributed by atoms with Gasteiger partial charge in [0.2, 0.25) is 0 Å². The molecule has 0 amide bonds. The summed E-state index contributed by atoms with van der Waals surface area (Å²) in [5.74, 6) is 0.853. The lowest BCUT2D eigenvalue weighted by molar-refractivity contribution is 0.408. The smallest absolute Gasteiger partial charge is 0.171 e. The molecule has 0 spiro atoms. The zero-order valence-corrected chi connectivity index (χ0v) is 15.1. The largest absolute Gasteiger partial charge is 0.496 e. The van der Waals surface area contributed by atoms with Crippen molar-refractivity contribution in [2.24, 2.45) is 0 Å². The van der Waals surface area contributed by atoms with E-state index in [2.05, 4.69) is 0 Å². The maximum atomic E-state index is 14.3. The van der Waals surface area contributed by atoms with E-state index < -0.39 is 7.14 Å². The normalized spacial score (nSPS) is 11.3. The van der Waals surface area contributed by atoms with Gasteiger partial charge in [-0.2, -0.15) is 0 Å². The van der Waals surface area contributed by atoms with Crippen LogP contribution in [0.1, 0.15) is 11.1 Å². The summed E-state index contributed by atoms with van der Waals surface area (Å²) in [6, 6.07) is 23.4. The Bertz CT molecular complexity index is 820. The van der Waals surface area contributed by atoms with E-state index in [1.807, 2.05) is 86.6 Å². The first-order valence-corrected chi connectivity index (χ1v) is 9.65. The van der Waals surface area contributed by atoms with Gasteiger partial charge in [0, 0.05) is 15.9 Å². The molecule has 0 N–H and O–H groups in total. The fourth-order valence-corrected chi connectivity index (χ4v) is 5.98. The van der Waals surface area contributed by atoms with Gasteiger partial charge < -0.3 is 9.30 Å². The molecular weight excluding hydrogens is 315 g/mol. The van der Waals surface area contributed by atoms with Gasteiger partial charge in [-0.1, -0.05) is 60.7 Å². The number of hydrogen-bond donors (Lipinski definition) is 0. The Morgan fingerprint density at radius 2 is 1.12 bits per heavy atom.